The van der Waals surface area contributed by atoms with E-state index in [2.05, 4.69) is 0 Å². The van der Waals surface area contributed by atoms with Gasteiger partial charge in [0.05, 0.1) is 13.0 Å². The van der Waals surface area contributed by atoms with E-state index in [0.717, 1.165) is 11.0 Å². The zero-order chi connectivity index (χ0) is 15.4. The van der Waals surface area contributed by atoms with Crippen molar-refractivity contribution in [2.24, 2.45) is 14.1 Å². The molecule has 1 aromatic heterocycles. The number of esters is 1. The van der Waals surface area contributed by atoms with Gasteiger partial charge in [0, 0.05) is 25.4 Å². The second-order valence-corrected chi connectivity index (χ2v) is 5.03. The molecule has 6 nitrogen and oxygen atoms in total. The zero-order valence-corrected chi connectivity index (χ0v) is 12.7. The van der Waals surface area contributed by atoms with Gasteiger partial charge in [-0.1, -0.05) is 13.8 Å². The second-order valence-electron chi connectivity index (χ2n) is 5.03. The molecule has 112 valence electrons. The molecule has 0 aliphatic rings. The minimum Gasteiger partial charge on any atom is -0.466 e. The highest BCUT2D eigenvalue weighted by Crippen LogP contribution is 2.18. The summed E-state index contributed by atoms with van der Waals surface area (Å²) >= 11 is 0. The molecular weight excluding hydrogens is 260 g/mol. The minimum atomic E-state index is -0.364. The van der Waals surface area contributed by atoms with E-state index in [1.165, 1.54) is 11.6 Å². The van der Waals surface area contributed by atoms with Gasteiger partial charge < -0.3 is 9.30 Å². The molecule has 0 saturated carbocycles. The lowest BCUT2D eigenvalue weighted by atomic mass is 9.97. The number of ether oxygens (including phenoxy) is 1. The lowest BCUT2D eigenvalue weighted by Gasteiger charge is -2.16. The van der Waals surface area contributed by atoms with E-state index in [-0.39, 0.29) is 29.6 Å². The van der Waals surface area contributed by atoms with Gasteiger partial charge in [-0.2, -0.15) is 0 Å². The molecule has 0 spiro atoms. The van der Waals surface area contributed by atoms with Crippen molar-refractivity contribution in [3.05, 3.63) is 32.1 Å². The molecule has 0 bridgehead atoms. The summed E-state index contributed by atoms with van der Waals surface area (Å²) in [4.78, 5) is 35.6. The molecule has 0 aliphatic heterocycles. The second kappa shape index (κ2) is 6.54. The van der Waals surface area contributed by atoms with Crippen LogP contribution in [-0.2, 0) is 23.6 Å². The number of hydrogen-bond donors (Lipinski definition) is 0. The third kappa shape index (κ3) is 3.18. The van der Waals surface area contributed by atoms with E-state index < -0.39 is 0 Å². The lowest BCUT2D eigenvalue weighted by molar-refractivity contribution is -0.144. The third-order valence-corrected chi connectivity index (χ3v) is 3.43. The summed E-state index contributed by atoms with van der Waals surface area (Å²) in [6, 6.07) is 0. The maximum Gasteiger partial charge on any atom is 0.330 e. The highest BCUT2D eigenvalue weighted by Gasteiger charge is 2.21. The van der Waals surface area contributed by atoms with E-state index in [1.807, 2.05) is 6.92 Å². The Labute approximate surface area is 118 Å². The number of carbonyl (C=O) groups is 1. The van der Waals surface area contributed by atoms with Crippen molar-refractivity contribution < 1.29 is 9.53 Å². The number of nitrogens with zero attached hydrogens (tertiary/aromatic N) is 2. The smallest absolute Gasteiger partial charge is 0.330 e. The summed E-state index contributed by atoms with van der Waals surface area (Å²) in [7, 11) is 3.05. The quantitative estimate of drug-likeness (QED) is 0.750. The van der Waals surface area contributed by atoms with Crippen LogP contribution in [0.15, 0.2) is 9.59 Å². The molecular formula is C14H22N2O4. The standard InChI is InChI=1S/C14H22N2O4/c1-6-7-20-11(17)8-9(2)12-10(3)15(4)14(19)16(5)13(12)18/h9H,6-8H2,1-5H3. The molecule has 0 aliphatic carbocycles. The van der Waals surface area contributed by atoms with E-state index >= 15 is 0 Å². The minimum absolute atomic E-state index is 0.133. The van der Waals surface area contributed by atoms with Gasteiger partial charge in [0.15, 0.2) is 0 Å². The van der Waals surface area contributed by atoms with Crippen molar-refractivity contribution in [1.29, 1.82) is 0 Å². The van der Waals surface area contributed by atoms with E-state index in [1.54, 1.807) is 20.9 Å². The summed E-state index contributed by atoms with van der Waals surface area (Å²) in [5.41, 5.74) is 0.371. The Morgan fingerprint density at radius 2 is 1.85 bits per heavy atom. The Kier molecular flexibility index (Phi) is 5.30. The molecule has 6 heteroatoms. The fourth-order valence-electron chi connectivity index (χ4n) is 2.17. The molecule has 0 N–H and O–H groups in total. The molecule has 1 unspecified atom stereocenters. The average Bonchev–Trinajstić information content (AvgIpc) is 2.40. The maximum atomic E-state index is 12.2. The van der Waals surface area contributed by atoms with Gasteiger partial charge in [-0.3, -0.25) is 14.2 Å². The summed E-state index contributed by atoms with van der Waals surface area (Å²) in [5, 5.41) is 0. The Morgan fingerprint density at radius 3 is 2.40 bits per heavy atom. The number of rotatable bonds is 5. The number of aromatic nitrogens is 2. The number of hydrogen-bond acceptors (Lipinski definition) is 4. The molecule has 0 amide bonds. The van der Waals surface area contributed by atoms with Gasteiger partial charge in [0.1, 0.15) is 0 Å². The van der Waals surface area contributed by atoms with Gasteiger partial charge in [-0.25, -0.2) is 4.79 Å². The van der Waals surface area contributed by atoms with E-state index in [0.29, 0.717) is 17.9 Å². The molecule has 1 heterocycles. The molecule has 1 aromatic rings. The molecule has 1 rings (SSSR count). The first-order chi connectivity index (χ1) is 9.31. The molecule has 0 aromatic carbocycles. The molecule has 0 radical (unpaired) electrons. The first-order valence-electron chi connectivity index (χ1n) is 6.73. The van der Waals surface area contributed by atoms with E-state index in [9.17, 15) is 14.4 Å². The zero-order valence-electron chi connectivity index (χ0n) is 12.7. The lowest BCUT2D eigenvalue weighted by Crippen LogP contribution is -2.41. The average molecular weight is 282 g/mol. The van der Waals surface area contributed by atoms with Crippen molar-refractivity contribution in [3.63, 3.8) is 0 Å². The van der Waals surface area contributed by atoms with Gasteiger partial charge in [0.25, 0.3) is 5.56 Å². The van der Waals surface area contributed by atoms with Crippen molar-refractivity contribution >= 4 is 5.97 Å². The monoisotopic (exact) mass is 282 g/mol. The Bertz CT molecular complexity index is 613. The van der Waals surface area contributed by atoms with E-state index in [4.69, 9.17) is 4.74 Å². The predicted octanol–water partition coefficient (Wildman–Crippen LogP) is 0.839. The fourth-order valence-corrected chi connectivity index (χ4v) is 2.17. The summed E-state index contributed by atoms with van der Waals surface area (Å²) in [5.74, 6) is -0.612. The van der Waals surface area contributed by atoms with Crippen LogP contribution in [0.3, 0.4) is 0 Å². The first-order valence-corrected chi connectivity index (χ1v) is 6.73. The number of carbonyl (C=O) groups excluding carboxylic acids is 1. The van der Waals surface area contributed by atoms with Gasteiger partial charge >= 0.3 is 11.7 Å². The third-order valence-electron chi connectivity index (χ3n) is 3.43. The first kappa shape index (κ1) is 16.2. The topological polar surface area (TPSA) is 70.3 Å². The van der Waals surface area contributed by atoms with Gasteiger partial charge in [-0.05, 0) is 19.3 Å². The predicted molar refractivity (Wildman–Crippen MR) is 75.9 cm³/mol. The Morgan fingerprint density at radius 1 is 1.25 bits per heavy atom. The highest BCUT2D eigenvalue weighted by molar-refractivity contribution is 5.70. The van der Waals surface area contributed by atoms with Crippen molar-refractivity contribution in [3.8, 4) is 0 Å². The van der Waals surface area contributed by atoms with Crippen LogP contribution in [0.1, 0.15) is 43.9 Å². The SMILES string of the molecule is CCCOC(=O)CC(C)c1c(C)n(C)c(=O)n(C)c1=O. The largest absolute Gasteiger partial charge is 0.466 e. The van der Waals surface area contributed by atoms with Crippen molar-refractivity contribution in [2.75, 3.05) is 6.61 Å². The summed E-state index contributed by atoms with van der Waals surface area (Å²) in [6.07, 6.45) is 0.898. The van der Waals surface area contributed by atoms with Crippen LogP contribution in [-0.4, -0.2) is 21.7 Å². The van der Waals surface area contributed by atoms with Crippen molar-refractivity contribution in [2.45, 2.75) is 39.5 Å². The molecule has 20 heavy (non-hydrogen) atoms. The fraction of sp³-hybridized carbons (Fsp3) is 0.643. The van der Waals surface area contributed by atoms with Crippen LogP contribution in [0.5, 0.6) is 0 Å². The molecule has 0 fully saturated rings. The van der Waals surface area contributed by atoms with Crippen LogP contribution in [0, 0.1) is 6.92 Å². The summed E-state index contributed by atoms with van der Waals surface area (Å²) in [6.45, 7) is 5.81. The molecule has 1 atom stereocenters. The van der Waals surface area contributed by atoms with Crippen molar-refractivity contribution in [1.82, 2.24) is 9.13 Å². The van der Waals surface area contributed by atoms with Crippen LogP contribution in [0.4, 0.5) is 0 Å². The Hall–Kier alpha value is -1.85. The Balaban J connectivity index is 3.11. The normalized spacial score (nSPS) is 12.2. The van der Waals surface area contributed by atoms with Gasteiger partial charge in [-0.15, -0.1) is 0 Å². The van der Waals surface area contributed by atoms with Gasteiger partial charge in [0.2, 0.25) is 0 Å². The van der Waals surface area contributed by atoms with Crippen LogP contribution >= 0.6 is 0 Å². The highest BCUT2D eigenvalue weighted by atomic mass is 16.5. The van der Waals surface area contributed by atoms with Crippen LogP contribution in [0.25, 0.3) is 0 Å². The summed E-state index contributed by atoms with van der Waals surface area (Å²) < 4.78 is 7.52. The van der Waals surface area contributed by atoms with Crippen LogP contribution in [0.2, 0.25) is 0 Å². The maximum absolute atomic E-state index is 12.2. The molecule has 0 saturated heterocycles. The van der Waals surface area contributed by atoms with Crippen LogP contribution < -0.4 is 11.2 Å².